The molecule has 4 heteroatoms. The molecule has 0 spiro atoms. The fraction of sp³-hybridized carbons (Fsp3) is 0.250. The Morgan fingerprint density at radius 2 is 2.05 bits per heavy atom. The highest BCUT2D eigenvalue weighted by Gasteiger charge is 2.04. The van der Waals surface area contributed by atoms with Crippen molar-refractivity contribution >= 4 is 27.5 Å². The van der Waals surface area contributed by atoms with E-state index < -0.39 is 0 Å². The van der Waals surface area contributed by atoms with Gasteiger partial charge in [-0.15, -0.1) is 0 Å². The van der Waals surface area contributed by atoms with Gasteiger partial charge >= 0.3 is 0 Å². The zero-order valence-corrected chi connectivity index (χ0v) is 13.7. The molecule has 0 radical (unpaired) electrons. The molecule has 0 heterocycles. The third-order valence-electron chi connectivity index (χ3n) is 2.78. The monoisotopic (exact) mass is 353 g/mol. The number of halogens is 2. The van der Waals surface area contributed by atoms with Gasteiger partial charge in [0.1, 0.15) is 11.5 Å². The van der Waals surface area contributed by atoms with Crippen LogP contribution < -0.4 is 10.1 Å². The van der Waals surface area contributed by atoms with E-state index in [1.165, 1.54) is 5.56 Å². The second-order valence-electron chi connectivity index (χ2n) is 4.50. The normalized spacial score (nSPS) is 10.6. The molecule has 0 amide bonds. The summed E-state index contributed by atoms with van der Waals surface area (Å²) in [4.78, 5) is 0. The van der Waals surface area contributed by atoms with Gasteiger partial charge in [-0.3, -0.25) is 0 Å². The third kappa shape index (κ3) is 4.51. The number of hydrogen-bond acceptors (Lipinski definition) is 2. The van der Waals surface area contributed by atoms with Gasteiger partial charge in [-0.2, -0.15) is 0 Å². The molecule has 2 rings (SSSR count). The van der Waals surface area contributed by atoms with Gasteiger partial charge in [0.25, 0.3) is 0 Å². The smallest absolute Gasteiger partial charge is 0.147 e. The van der Waals surface area contributed by atoms with Crippen LogP contribution in [0.15, 0.2) is 46.9 Å². The summed E-state index contributed by atoms with van der Waals surface area (Å²) in [6.07, 6.45) is 1.13. The summed E-state index contributed by atoms with van der Waals surface area (Å²) in [6, 6.07) is 13.6. The van der Waals surface area contributed by atoms with E-state index in [1.807, 2.05) is 36.4 Å². The second-order valence-corrected chi connectivity index (χ2v) is 5.82. The van der Waals surface area contributed by atoms with E-state index in [4.69, 9.17) is 16.3 Å². The predicted octanol–water partition coefficient (Wildman–Crippen LogP) is 5.39. The van der Waals surface area contributed by atoms with Crippen LogP contribution >= 0.6 is 27.5 Å². The molecule has 0 aliphatic carbocycles. The van der Waals surface area contributed by atoms with E-state index in [0.717, 1.165) is 29.7 Å². The Hall–Kier alpha value is -1.03. The van der Waals surface area contributed by atoms with Gasteiger partial charge < -0.3 is 10.1 Å². The number of hydrogen-bond donors (Lipinski definition) is 1. The summed E-state index contributed by atoms with van der Waals surface area (Å²) >= 11 is 9.55. The Morgan fingerprint density at radius 3 is 2.85 bits per heavy atom. The van der Waals surface area contributed by atoms with Crippen LogP contribution in [0.1, 0.15) is 18.9 Å². The SMILES string of the molecule is CCCNCc1cccc(Oc2cc(Br)ccc2Cl)c1. The summed E-state index contributed by atoms with van der Waals surface area (Å²) in [5, 5.41) is 3.97. The van der Waals surface area contributed by atoms with Crippen molar-refractivity contribution in [2.24, 2.45) is 0 Å². The van der Waals surface area contributed by atoms with Crippen molar-refractivity contribution in [1.82, 2.24) is 5.32 Å². The number of rotatable bonds is 6. The van der Waals surface area contributed by atoms with E-state index >= 15 is 0 Å². The minimum Gasteiger partial charge on any atom is -0.456 e. The maximum atomic E-state index is 6.13. The molecule has 0 saturated heterocycles. The molecule has 0 fully saturated rings. The molecule has 20 heavy (non-hydrogen) atoms. The summed E-state index contributed by atoms with van der Waals surface area (Å²) in [6.45, 7) is 4.02. The Morgan fingerprint density at radius 1 is 1.20 bits per heavy atom. The summed E-state index contributed by atoms with van der Waals surface area (Å²) in [5.74, 6) is 1.44. The van der Waals surface area contributed by atoms with Crippen LogP contribution in [0.3, 0.4) is 0 Å². The van der Waals surface area contributed by atoms with Crippen molar-refractivity contribution in [1.29, 1.82) is 0 Å². The Kier molecular flexibility index (Phi) is 5.89. The molecule has 0 atom stereocenters. The van der Waals surface area contributed by atoms with Gasteiger partial charge in [0.15, 0.2) is 0 Å². The second kappa shape index (κ2) is 7.67. The van der Waals surface area contributed by atoms with Gasteiger partial charge in [-0.1, -0.05) is 46.6 Å². The van der Waals surface area contributed by atoms with Gasteiger partial charge in [0.2, 0.25) is 0 Å². The van der Waals surface area contributed by atoms with E-state index in [1.54, 1.807) is 0 Å². The number of benzene rings is 2. The van der Waals surface area contributed by atoms with Gasteiger partial charge in [0, 0.05) is 11.0 Å². The average Bonchev–Trinajstić information content (AvgIpc) is 2.44. The van der Waals surface area contributed by atoms with Crippen LogP contribution in [-0.4, -0.2) is 6.54 Å². The first-order valence-electron chi connectivity index (χ1n) is 6.61. The minimum atomic E-state index is 0.600. The zero-order valence-electron chi connectivity index (χ0n) is 11.3. The minimum absolute atomic E-state index is 0.600. The first-order valence-corrected chi connectivity index (χ1v) is 7.78. The first-order chi connectivity index (χ1) is 9.69. The Balaban J connectivity index is 2.09. The van der Waals surface area contributed by atoms with Crippen LogP contribution in [0, 0.1) is 0 Å². The molecule has 1 N–H and O–H groups in total. The van der Waals surface area contributed by atoms with Crippen molar-refractivity contribution in [3.8, 4) is 11.5 Å². The summed E-state index contributed by atoms with van der Waals surface area (Å²) in [7, 11) is 0. The van der Waals surface area contributed by atoms with Crippen molar-refractivity contribution < 1.29 is 4.74 Å². The summed E-state index contributed by atoms with van der Waals surface area (Å²) in [5.41, 5.74) is 1.20. The van der Waals surface area contributed by atoms with Crippen LogP contribution in [0.5, 0.6) is 11.5 Å². The predicted molar refractivity (Wildman–Crippen MR) is 87.7 cm³/mol. The third-order valence-corrected chi connectivity index (χ3v) is 3.58. The Labute approximate surface area is 133 Å². The fourth-order valence-electron chi connectivity index (χ4n) is 1.81. The van der Waals surface area contributed by atoms with Crippen molar-refractivity contribution in [3.63, 3.8) is 0 Å². The van der Waals surface area contributed by atoms with Gasteiger partial charge in [0.05, 0.1) is 5.02 Å². The molecule has 0 aliphatic rings. The highest BCUT2D eigenvalue weighted by molar-refractivity contribution is 9.10. The van der Waals surface area contributed by atoms with Crippen molar-refractivity contribution in [2.45, 2.75) is 19.9 Å². The number of ether oxygens (including phenoxy) is 1. The fourth-order valence-corrected chi connectivity index (χ4v) is 2.31. The topological polar surface area (TPSA) is 21.3 Å². The molecular formula is C16H17BrClNO. The highest BCUT2D eigenvalue weighted by atomic mass is 79.9. The van der Waals surface area contributed by atoms with Gasteiger partial charge in [-0.05, 0) is 48.9 Å². The molecule has 0 bridgehead atoms. The lowest BCUT2D eigenvalue weighted by molar-refractivity contribution is 0.481. The molecule has 0 saturated carbocycles. The van der Waals surface area contributed by atoms with E-state index in [2.05, 4.69) is 34.2 Å². The zero-order chi connectivity index (χ0) is 14.4. The quantitative estimate of drug-likeness (QED) is 0.702. The lowest BCUT2D eigenvalue weighted by Crippen LogP contribution is -2.13. The molecule has 2 nitrogen and oxygen atoms in total. The van der Waals surface area contributed by atoms with Crippen LogP contribution in [0.2, 0.25) is 5.02 Å². The van der Waals surface area contributed by atoms with Crippen LogP contribution in [0.4, 0.5) is 0 Å². The first kappa shape index (κ1) is 15.4. The number of nitrogens with one attached hydrogen (secondary N) is 1. The van der Waals surface area contributed by atoms with E-state index in [9.17, 15) is 0 Å². The van der Waals surface area contributed by atoms with Crippen molar-refractivity contribution in [2.75, 3.05) is 6.54 Å². The molecule has 0 unspecified atom stereocenters. The molecule has 2 aromatic rings. The molecule has 0 aromatic heterocycles. The molecule has 0 aliphatic heterocycles. The standard InChI is InChI=1S/C16H17BrClNO/c1-2-8-19-11-12-4-3-5-14(9-12)20-16-10-13(17)6-7-15(16)18/h3-7,9-10,19H,2,8,11H2,1H3. The largest absolute Gasteiger partial charge is 0.456 e. The van der Waals surface area contributed by atoms with E-state index in [-0.39, 0.29) is 0 Å². The summed E-state index contributed by atoms with van der Waals surface area (Å²) < 4.78 is 6.79. The van der Waals surface area contributed by atoms with Gasteiger partial charge in [-0.25, -0.2) is 0 Å². The maximum Gasteiger partial charge on any atom is 0.147 e. The lowest BCUT2D eigenvalue weighted by atomic mass is 10.2. The Bertz CT molecular complexity index is 574. The maximum absolute atomic E-state index is 6.13. The van der Waals surface area contributed by atoms with Crippen LogP contribution in [-0.2, 0) is 6.54 Å². The van der Waals surface area contributed by atoms with E-state index in [0.29, 0.717) is 10.8 Å². The molecular weight excluding hydrogens is 338 g/mol. The molecule has 106 valence electrons. The molecule has 2 aromatic carbocycles. The van der Waals surface area contributed by atoms with Crippen molar-refractivity contribution in [3.05, 3.63) is 57.5 Å². The highest BCUT2D eigenvalue weighted by Crippen LogP contribution is 2.32. The van der Waals surface area contributed by atoms with Crippen LogP contribution in [0.25, 0.3) is 0 Å². The lowest BCUT2D eigenvalue weighted by Gasteiger charge is -2.10. The average molecular weight is 355 g/mol.